The summed E-state index contributed by atoms with van der Waals surface area (Å²) in [5.74, 6) is -0.231. The molecule has 0 spiro atoms. The van der Waals surface area contributed by atoms with Crippen molar-refractivity contribution in [2.75, 3.05) is 14.1 Å². The molecule has 31 heavy (non-hydrogen) atoms. The zero-order valence-electron chi connectivity index (χ0n) is 16.6. The van der Waals surface area contributed by atoms with E-state index in [1.807, 2.05) is 43.3 Å². The summed E-state index contributed by atoms with van der Waals surface area (Å²) in [6, 6.07) is 16.4. The molecule has 5 aromatic rings. The van der Waals surface area contributed by atoms with Crippen LogP contribution in [0.4, 0.5) is 0 Å². The van der Waals surface area contributed by atoms with E-state index in [9.17, 15) is 9.59 Å². The van der Waals surface area contributed by atoms with Crippen molar-refractivity contribution in [3.8, 4) is 10.6 Å². The highest BCUT2D eigenvalue weighted by Gasteiger charge is 2.23. The predicted octanol–water partition coefficient (Wildman–Crippen LogP) is 4.54. The van der Waals surface area contributed by atoms with Gasteiger partial charge in [-0.05, 0) is 42.5 Å². The molecule has 5 rings (SSSR count). The van der Waals surface area contributed by atoms with E-state index in [4.69, 9.17) is 16.6 Å². The fourth-order valence-electron chi connectivity index (χ4n) is 3.43. The van der Waals surface area contributed by atoms with E-state index < -0.39 is 0 Å². The molecule has 8 heteroatoms. The number of para-hydroxylation sites is 1. The third-order valence-corrected chi connectivity index (χ3v) is 7.23. The molecule has 3 heterocycles. The summed E-state index contributed by atoms with van der Waals surface area (Å²) in [6.45, 7) is 0. The number of hydrogen-bond acceptors (Lipinski definition) is 6. The zero-order valence-corrected chi connectivity index (χ0v) is 19.0. The van der Waals surface area contributed by atoms with Gasteiger partial charge in [-0.1, -0.05) is 23.7 Å². The maximum absolute atomic E-state index is 13.3. The molecule has 0 unspecified atom stereocenters. The van der Waals surface area contributed by atoms with Crippen LogP contribution in [0.3, 0.4) is 0 Å². The van der Waals surface area contributed by atoms with Gasteiger partial charge in [-0.15, -0.1) is 22.7 Å². The molecular weight excluding hydrogens is 450 g/mol. The van der Waals surface area contributed by atoms with Crippen LogP contribution in [0, 0.1) is 0 Å². The third kappa shape index (κ3) is 3.44. The third-order valence-electron chi connectivity index (χ3n) is 4.81. The predicted molar refractivity (Wildman–Crippen MR) is 128 cm³/mol. The maximum atomic E-state index is 13.3. The molecule has 0 aliphatic carbocycles. The van der Waals surface area contributed by atoms with Crippen molar-refractivity contribution in [2.24, 2.45) is 0 Å². The number of thiazole rings is 2. The highest BCUT2D eigenvalue weighted by atomic mass is 35.5. The molecule has 154 valence electrons. The van der Waals surface area contributed by atoms with E-state index in [0.717, 1.165) is 25.6 Å². The minimum absolute atomic E-state index is 0.210. The van der Waals surface area contributed by atoms with Crippen molar-refractivity contribution in [3.63, 3.8) is 0 Å². The SMILES string of the molecule is CN(C)/C=c1\sc2c(-c3nc4ccccc4s3)cc(C(=O)c3ccc(Cl)cc3)n2c1=O. The maximum Gasteiger partial charge on any atom is 0.275 e. The molecular formula is C23H16ClN3O2S2. The van der Waals surface area contributed by atoms with Crippen LogP contribution in [0.5, 0.6) is 0 Å². The van der Waals surface area contributed by atoms with Gasteiger partial charge in [0, 0.05) is 36.4 Å². The molecule has 0 atom stereocenters. The Morgan fingerprint density at radius 1 is 1.10 bits per heavy atom. The molecule has 0 fully saturated rings. The van der Waals surface area contributed by atoms with Crippen molar-refractivity contribution < 1.29 is 4.79 Å². The Kier molecular flexibility index (Phi) is 4.89. The summed E-state index contributed by atoms with van der Waals surface area (Å²) in [5.41, 5.74) is 2.28. The number of carbonyl (C=O) groups is 1. The number of fused-ring (bicyclic) bond motifs is 2. The van der Waals surface area contributed by atoms with Crippen LogP contribution in [0.25, 0.3) is 31.8 Å². The molecule has 0 saturated heterocycles. The van der Waals surface area contributed by atoms with Gasteiger partial charge in [0.05, 0.1) is 15.9 Å². The average molecular weight is 466 g/mol. The fraction of sp³-hybridized carbons (Fsp3) is 0.0870. The normalized spacial score (nSPS) is 12.2. The smallest absolute Gasteiger partial charge is 0.275 e. The van der Waals surface area contributed by atoms with E-state index in [1.54, 1.807) is 47.9 Å². The van der Waals surface area contributed by atoms with Crippen molar-refractivity contribution >= 4 is 61.3 Å². The second-order valence-corrected chi connectivity index (χ2v) is 9.77. The van der Waals surface area contributed by atoms with Gasteiger partial charge < -0.3 is 4.90 Å². The Hall–Kier alpha value is -3.00. The first-order chi connectivity index (χ1) is 14.9. The average Bonchev–Trinajstić information content (AvgIpc) is 3.41. The summed E-state index contributed by atoms with van der Waals surface area (Å²) >= 11 is 8.89. The van der Waals surface area contributed by atoms with Crippen molar-refractivity contribution in [2.45, 2.75) is 0 Å². The van der Waals surface area contributed by atoms with E-state index in [1.165, 1.54) is 15.7 Å². The second kappa shape index (κ2) is 7.60. The van der Waals surface area contributed by atoms with Crippen LogP contribution in [-0.2, 0) is 0 Å². The highest BCUT2D eigenvalue weighted by Crippen LogP contribution is 2.35. The summed E-state index contributed by atoms with van der Waals surface area (Å²) < 4.78 is 3.13. The summed E-state index contributed by atoms with van der Waals surface area (Å²) in [5, 5.41) is 1.33. The first-order valence-corrected chi connectivity index (χ1v) is 11.5. The van der Waals surface area contributed by atoms with E-state index >= 15 is 0 Å². The van der Waals surface area contributed by atoms with Gasteiger partial charge in [0.2, 0.25) is 5.78 Å². The lowest BCUT2D eigenvalue weighted by Crippen LogP contribution is -2.27. The first kappa shape index (κ1) is 19.9. The molecule has 0 bridgehead atoms. The number of aromatic nitrogens is 2. The molecule has 2 aromatic carbocycles. The van der Waals surface area contributed by atoms with Crippen LogP contribution >= 0.6 is 34.3 Å². The van der Waals surface area contributed by atoms with Crippen LogP contribution in [0.2, 0.25) is 5.02 Å². The van der Waals surface area contributed by atoms with Gasteiger partial charge in [0.1, 0.15) is 14.4 Å². The number of nitrogens with zero attached hydrogens (tertiary/aromatic N) is 3. The lowest BCUT2D eigenvalue weighted by Gasteiger charge is -2.01. The molecule has 0 aliphatic rings. The Bertz CT molecular complexity index is 1530. The Labute approximate surface area is 190 Å². The van der Waals surface area contributed by atoms with Crippen LogP contribution in [0.1, 0.15) is 16.1 Å². The number of rotatable bonds is 4. The van der Waals surface area contributed by atoms with Gasteiger partial charge in [-0.3, -0.25) is 14.0 Å². The van der Waals surface area contributed by atoms with Gasteiger partial charge in [0.25, 0.3) is 5.56 Å². The molecule has 0 N–H and O–H groups in total. The van der Waals surface area contributed by atoms with Crippen molar-refractivity contribution in [1.82, 2.24) is 14.3 Å². The molecule has 0 radical (unpaired) electrons. The lowest BCUT2D eigenvalue weighted by atomic mass is 10.1. The lowest BCUT2D eigenvalue weighted by molar-refractivity contribution is 0.103. The van der Waals surface area contributed by atoms with Crippen LogP contribution in [0.15, 0.2) is 59.4 Å². The standard InChI is InChI=1S/C23H16ClN3O2S2/c1-26(2)12-19-22(29)27-17(20(28)13-7-9-14(24)10-8-13)11-15(23(27)31-19)21-25-16-5-3-4-6-18(16)30-21/h3-12H,1-2H3/b19-12-. The zero-order chi connectivity index (χ0) is 21.7. The molecule has 0 saturated carbocycles. The van der Waals surface area contributed by atoms with E-state index in [-0.39, 0.29) is 11.3 Å². The van der Waals surface area contributed by atoms with E-state index in [0.29, 0.717) is 20.8 Å². The minimum atomic E-state index is -0.231. The summed E-state index contributed by atoms with van der Waals surface area (Å²) in [7, 11) is 3.73. The highest BCUT2D eigenvalue weighted by molar-refractivity contribution is 7.22. The van der Waals surface area contributed by atoms with Crippen molar-refractivity contribution in [1.29, 1.82) is 0 Å². The van der Waals surface area contributed by atoms with Gasteiger partial charge in [-0.25, -0.2) is 4.98 Å². The number of halogens is 1. The van der Waals surface area contributed by atoms with Crippen molar-refractivity contribution in [3.05, 3.63) is 85.8 Å². The first-order valence-electron chi connectivity index (χ1n) is 9.45. The molecule has 3 aromatic heterocycles. The number of ketones is 1. The van der Waals surface area contributed by atoms with Gasteiger partial charge in [0.15, 0.2) is 0 Å². The minimum Gasteiger partial charge on any atom is -0.382 e. The molecule has 0 amide bonds. The monoisotopic (exact) mass is 465 g/mol. The largest absolute Gasteiger partial charge is 0.382 e. The fourth-order valence-corrected chi connectivity index (χ4v) is 5.79. The quantitative estimate of drug-likeness (QED) is 0.366. The number of benzene rings is 2. The Balaban J connectivity index is 1.79. The van der Waals surface area contributed by atoms with Crippen LogP contribution in [-0.4, -0.2) is 34.2 Å². The molecule has 0 aliphatic heterocycles. The van der Waals surface area contributed by atoms with E-state index in [2.05, 4.69) is 0 Å². The Morgan fingerprint density at radius 3 is 2.55 bits per heavy atom. The number of carbonyl (C=O) groups excluding carboxylic acids is 1. The summed E-state index contributed by atoms with van der Waals surface area (Å²) in [4.78, 5) is 33.8. The second-order valence-electron chi connectivity index (χ2n) is 7.27. The van der Waals surface area contributed by atoms with Gasteiger partial charge in [-0.2, -0.15) is 0 Å². The molecule has 5 nitrogen and oxygen atoms in total. The van der Waals surface area contributed by atoms with Gasteiger partial charge >= 0.3 is 0 Å². The number of hydrogen-bond donors (Lipinski definition) is 0. The topological polar surface area (TPSA) is 54.7 Å². The van der Waals surface area contributed by atoms with Crippen LogP contribution < -0.4 is 10.1 Å². The Morgan fingerprint density at radius 2 is 1.84 bits per heavy atom. The summed E-state index contributed by atoms with van der Waals surface area (Å²) in [6.07, 6.45) is 1.78.